The summed E-state index contributed by atoms with van der Waals surface area (Å²) >= 11 is 0. The third kappa shape index (κ3) is 1.75. The summed E-state index contributed by atoms with van der Waals surface area (Å²) in [5.41, 5.74) is 0.891. The number of hydrogen-bond acceptors (Lipinski definition) is 5. The standard InChI is InChI=1S/C19H26O5/c1-17(9-20)14-5-6-19(10-21)13-8-23-7-12(13)3-4-15(19)18(14,2)11-24-16(17)22/h7-8,14-15,20-21H,3-6,9-11H2,1-2H3/t14?,15?,17-,18+,19-/m1/s1. The van der Waals surface area contributed by atoms with E-state index in [9.17, 15) is 15.0 Å². The van der Waals surface area contributed by atoms with Crippen LogP contribution in [0.2, 0.25) is 0 Å². The summed E-state index contributed by atoms with van der Waals surface area (Å²) in [4.78, 5) is 12.4. The Balaban J connectivity index is 1.82. The van der Waals surface area contributed by atoms with Gasteiger partial charge in [0.1, 0.15) is 0 Å². The zero-order valence-electron chi connectivity index (χ0n) is 14.4. The quantitative estimate of drug-likeness (QED) is 0.809. The molecule has 2 unspecified atom stereocenters. The van der Waals surface area contributed by atoms with Crippen LogP contribution in [0.4, 0.5) is 0 Å². The summed E-state index contributed by atoms with van der Waals surface area (Å²) in [5.74, 6) is -0.0176. The van der Waals surface area contributed by atoms with Crippen LogP contribution in [0.3, 0.4) is 0 Å². The number of cyclic esters (lactones) is 1. The van der Waals surface area contributed by atoms with E-state index in [1.54, 1.807) is 12.5 Å². The Morgan fingerprint density at radius 3 is 2.67 bits per heavy atom. The van der Waals surface area contributed by atoms with Crippen LogP contribution < -0.4 is 0 Å². The first-order chi connectivity index (χ1) is 11.4. The van der Waals surface area contributed by atoms with E-state index in [4.69, 9.17) is 9.15 Å². The van der Waals surface area contributed by atoms with Gasteiger partial charge in [0.15, 0.2) is 0 Å². The highest BCUT2D eigenvalue weighted by atomic mass is 16.5. The number of furan rings is 1. The molecule has 0 bridgehead atoms. The minimum atomic E-state index is -0.856. The van der Waals surface area contributed by atoms with Crippen LogP contribution in [0.1, 0.15) is 44.2 Å². The summed E-state index contributed by atoms with van der Waals surface area (Å²) < 4.78 is 11.0. The summed E-state index contributed by atoms with van der Waals surface area (Å²) in [6.45, 7) is 4.26. The molecule has 0 aromatic carbocycles. The molecule has 0 amide bonds. The first kappa shape index (κ1) is 16.2. The van der Waals surface area contributed by atoms with E-state index in [2.05, 4.69) is 6.92 Å². The summed E-state index contributed by atoms with van der Waals surface area (Å²) in [5, 5.41) is 20.3. The highest BCUT2D eigenvalue weighted by Gasteiger charge is 2.65. The fraction of sp³-hybridized carbons (Fsp3) is 0.737. The number of aryl methyl sites for hydroxylation is 1. The molecule has 1 saturated carbocycles. The number of fused-ring (bicyclic) bond motifs is 5. The van der Waals surface area contributed by atoms with Crippen molar-refractivity contribution in [3.8, 4) is 0 Å². The number of carbonyl (C=O) groups is 1. The molecule has 1 aromatic rings. The van der Waals surface area contributed by atoms with E-state index in [0.717, 1.165) is 31.2 Å². The molecule has 0 spiro atoms. The molecule has 24 heavy (non-hydrogen) atoms. The van der Waals surface area contributed by atoms with Crippen molar-refractivity contribution in [1.29, 1.82) is 0 Å². The van der Waals surface area contributed by atoms with Crippen LogP contribution >= 0.6 is 0 Å². The average molecular weight is 334 g/mol. The predicted molar refractivity (Wildman–Crippen MR) is 86.3 cm³/mol. The third-order valence-corrected chi connectivity index (χ3v) is 7.48. The van der Waals surface area contributed by atoms with Crippen LogP contribution in [-0.2, 0) is 21.4 Å². The van der Waals surface area contributed by atoms with E-state index >= 15 is 0 Å². The number of carbonyl (C=O) groups excluding carboxylic acids is 1. The van der Waals surface area contributed by atoms with Gasteiger partial charge in [0.05, 0.1) is 37.8 Å². The molecule has 1 aliphatic heterocycles. The molecule has 5 atom stereocenters. The van der Waals surface area contributed by atoms with Crippen LogP contribution in [0.25, 0.3) is 0 Å². The topological polar surface area (TPSA) is 79.9 Å². The summed E-state index contributed by atoms with van der Waals surface area (Å²) in [7, 11) is 0. The number of ether oxygens (including phenoxy) is 1. The number of hydrogen-bond donors (Lipinski definition) is 2. The van der Waals surface area contributed by atoms with Gasteiger partial charge in [-0.3, -0.25) is 4.79 Å². The molecule has 2 heterocycles. The highest BCUT2D eigenvalue weighted by Crippen LogP contribution is 2.64. The van der Waals surface area contributed by atoms with Crippen molar-refractivity contribution in [2.75, 3.05) is 19.8 Å². The van der Waals surface area contributed by atoms with Crippen molar-refractivity contribution in [3.05, 3.63) is 23.7 Å². The van der Waals surface area contributed by atoms with Crippen molar-refractivity contribution in [2.24, 2.45) is 22.7 Å². The first-order valence-corrected chi connectivity index (χ1v) is 8.87. The van der Waals surface area contributed by atoms with Crippen molar-refractivity contribution < 1.29 is 24.2 Å². The number of rotatable bonds is 2. The first-order valence-electron chi connectivity index (χ1n) is 8.87. The van der Waals surface area contributed by atoms with E-state index in [1.165, 1.54) is 5.56 Å². The summed E-state index contributed by atoms with van der Waals surface area (Å²) in [6.07, 6.45) is 7.06. The molecule has 132 valence electrons. The van der Waals surface area contributed by atoms with Crippen LogP contribution in [0.15, 0.2) is 16.9 Å². The summed E-state index contributed by atoms with van der Waals surface area (Å²) in [6, 6.07) is 0. The molecule has 4 rings (SSSR count). The molecule has 1 saturated heterocycles. The van der Waals surface area contributed by atoms with Gasteiger partial charge >= 0.3 is 5.97 Å². The molecule has 5 nitrogen and oxygen atoms in total. The van der Waals surface area contributed by atoms with Crippen molar-refractivity contribution in [1.82, 2.24) is 0 Å². The van der Waals surface area contributed by atoms with Gasteiger partial charge in [0.25, 0.3) is 0 Å². The molecule has 0 radical (unpaired) electrons. The Morgan fingerprint density at radius 1 is 1.17 bits per heavy atom. The Kier molecular flexibility index (Phi) is 3.42. The second-order valence-corrected chi connectivity index (χ2v) is 8.47. The van der Waals surface area contributed by atoms with E-state index in [-0.39, 0.29) is 41.8 Å². The molecule has 3 aliphatic rings. The van der Waals surface area contributed by atoms with Gasteiger partial charge in [-0.1, -0.05) is 6.92 Å². The van der Waals surface area contributed by atoms with E-state index < -0.39 is 5.41 Å². The lowest BCUT2D eigenvalue weighted by molar-refractivity contribution is -0.211. The number of aliphatic hydroxyl groups is 2. The normalized spacial score (nSPS) is 44.2. The maximum atomic E-state index is 12.4. The molecule has 2 fully saturated rings. The van der Waals surface area contributed by atoms with Crippen molar-refractivity contribution >= 4 is 5.97 Å². The van der Waals surface area contributed by atoms with Crippen molar-refractivity contribution in [3.63, 3.8) is 0 Å². The maximum Gasteiger partial charge on any atom is 0.314 e. The molecule has 5 heteroatoms. The van der Waals surface area contributed by atoms with Crippen LogP contribution in [-0.4, -0.2) is 36.0 Å². The van der Waals surface area contributed by atoms with Gasteiger partial charge in [0, 0.05) is 16.4 Å². The second-order valence-electron chi connectivity index (χ2n) is 8.47. The molecule has 1 aromatic heterocycles. The maximum absolute atomic E-state index is 12.4. The largest absolute Gasteiger partial charge is 0.472 e. The fourth-order valence-corrected chi connectivity index (χ4v) is 6.19. The minimum absolute atomic E-state index is 0.0642. The second kappa shape index (κ2) is 5.09. The van der Waals surface area contributed by atoms with Gasteiger partial charge in [-0.05, 0) is 50.0 Å². The van der Waals surface area contributed by atoms with E-state index in [0.29, 0.717) is 6.61 Å². The highest BCUT2D eigenvalue weighted by molar-refractivity contribution is 5.78. The van der Waals surface area contributed by atoms with Crippen molar-refractivity contribution in [2.45, 2.75) is 44.9 Å². The van der Waals surface area contributed by atoms with Gasteiger partial charge in [-0.2, -0.15) is 0 Å². The smallest absolute Gasteiger partial charge is 0.314 e. The third-order valence-electron chi connectivity index (χ3n) is 7.48. The SMILES string of the molecule is C[C@]12COC(=O)[C@](C)(CO)C1CC[C@@]1(CO)c3cocc3CCC12. The average Bonchev–Trinajstić information content (AvgIpc) is 3.08. The Morgan fingerprint density at radius 2 is 1.96 bits per heavy atom. The number of esters is 1. The van der Waals surface area contributed by atoms with Gasteiger partial charge in [0.2, 0.25) is 0 Å². The molecule has 2 aliphatic carbocycles. The molecular formula is C19H26O5. The lowest BCUT2D eigenvalue weighted by atomic mass is 9.43. The fourth-order valence-electron chi connectivity index (χ4n) is 6.19. The van der Waals surface area contributed by atoms with Gasteiger partial charge in [-0.25, -0.2) is 0 Å². The van der Waals surface area contributed by atoms with Crippen LogP contribution in [0, 0.1) is 22.7 Å². The molecule has 2 N–H and O–H groups in total. The predicted octanol–water partition coefficient (Wildman–Crippen LogP) is 2.04. The Bertz CT molecular complexity index is 666. The van der Waals surface area contributed by atoms with Gasteiger partial charge < -0.3 is 19.4 Å². The minimum Gasteiger partial charge on any atom is -0.472 e. The Labute approximate surface area is 142 Å². The number of aliphatic hydroxyl groups excluding tert-OH is 2. The zero-order chi connectivity index (χ0) is 17.2. The van der Waals surface area contributed by atoms with Gasteiger partial charge in [-0.15, -0.1) is 0 Å². The lowest BCUT2D eigenvalue weighted by Crippen LogP contribution is -2.65. The zero-order valence-corrected chi connectivity index (χ0v) is 14.4. The van der Waals surface area contributed by atoms with E-state index in [1.807, 2.05) is 6.92 Å². The Hall–Kier alpha value is -1.33. The monoisotopic (exact) mass is 334 g/mol. The molecular weight excluding hydrogens is 308 g/mol. The lowest BCUT2D eigenvalue weighted by Gasteiger charge is -2.62. The van der Waals surface area contributed by atoms with Crippen LogP contribution in [0.5, 0.6) is 0 Å².